The fourth-order valence-corrected chi connectivity index (χ4v) is 9.62. The third-order valence-electron chi connectivity index (χ3n) is 10.3. The first-order chi connectivity index (χ1) is 23.3. The van der Waals surface area contributed by atoms with Crippen molar-refractivity contribution in [1.82, 2.24) is 18.9 Å². The summed E-state index contributed by atoms with van der Waals surface area (Å²) in [5.74, 6) is 0.947. The molecule has 5 heteroatoms. The van der Waals surface area contributed by atoms with E-state index in [1.54, 1.807) is 0 Å². The normalized spacial score (nSPS) is 12.7. The predicted octanol–water partition coefficient (Wildman–Crippen LogP) is 11.3. The molecule has 12 rings (SSSR count). The van der Waals surface area contributed by atoms with Gasteiger partial charge >= 0.3 is 0 Å². The summed E-state index contributed by atoms with van der Waals surface area (Å²) >= 11 is 1.87. The fourth-order valence-electron chi connectivity index (χ4n) is 8.40. The van der Waals surface area contributed by atoms with Gasteiger partial charge in [-0.15, -0.1) is 11.3 Å². The molecule has 216 valence electrons. The molecule has 0 saturated heterocycles. The largest absolute Gasteiger partial charge is 0.292 e. The number of fused-ring (bicyclic) bond motifs is 17. The number of imidazole rings is 1. The molecule has 11 aromatic rings. The van der Waals surface area contributed by atoms with Gasteiger partial charge in [0.15, 0.2) is 0 Å². The van der Waals surface area contributed by atoms with Crippen LogP contribution in [-0.4, -0.2) is 18.9 Å². The molecule has 0 fully saturated rings. The molecule has 1 aliphatic carbocycles. The summed E-state index contributed by atoms with van der Waals surface area (Å²) in [4.78, 5) is 10.7. The molecule has 0 atom stereocenters. The molecule has 0 N–H and O–H groups in total. The zero-order chi connectivity index (χ0) is 30.4. The molecule has 1 aliphatic rings. The third kappa shape index (κ3) is 2.86. The minimum atomic E-state index is 0.947. The van der Waals surface area contributed by atoms with E-state index in [9.17, 15) is 0 Å². The minimum Gasteiger partial charge on any atom is -0.292 e. The van der Waals surface area contributed by atoms with Crippen LogP contribution in [0, 0.1) is 0 Å². The zero-order valence-corrected chi connectivity index (χ0v) is 25.7. The Morgan fingerprint density at radius 2 is 1.19 bits per heavy atom. The van der Waals surface area contributed by atoms with Crippen molar-refractivity contribution < 1.29 is 0 Å². The zero-order valence-electron chi connectivity index (χ0n) is 24.9. The first kappa shape index (κ1) is 24.2. The lowest BCUT2D eigenvalue weighted by Gasteiger charge is -2.14. The third-order valence-corrected chi connectivity index (χ3v) is 11.5. The number of nitrogens with zero attached hydrogens (tertiary/aromatic N) is 4. The predicted molar refractivity (Wildman–Crippen MR) is 197 cm³/mol. The highest BCUT2D eigenvalue weighted by molar-refractivity contribution is 7.26. The van der Waals surface area contributed by atoms with Crippen LogP contribution < -0.4 is 0 Å². The van der Waals surface area contributed by atoms with Gasteiger partial charge in [0, 0.05) is 48.8 Å². The topological polar surface area (TPSA) is 35.1 Å². The van der Waals surface area contributed by atoms with E-state index in [-0.39, 0.29) is 0 Å². The monoisotopic (exact) mass is 614 g/mol. The molecule has 5 heterocycles. The van der Waals surface area contributed by atoms with E-state index in [0.717, 1.165) is 44.3 Å². The van der Waals surface area contributed by atoms with Gasteiger partial charge in [0.25, 0.3) is 0 Å². The Labute approximate surface area is 271 Å². The second-order valence-corrected chi connectivity index (χ2v) is 13.6. The highest BCUT2D eigenvalue weighted by atomic mass is 32.1. The van der Waals surface area contributed by atoms with Gasteiger partial charge in [0.2, 0.25) is 0 Å². The number of para-hydroxylation sites is 3. The molecule has 0 radical (unpaired) electrons. The van der Waals surface area contributed by atoms with Gasteiger partial charge in [-0.25, -0.2) is 9.97 Å². The molecule has 4 nitrogen and oxygen atoms in total. The average molecular weight is 615 g/mol. The van der Waals surface area contributed by atoms with Crippen LogP contribution >= 0.6 is 11.3 Å². The minimum absolute atomic E-state index is 0.947. The molecule has 0 spiro atoms. The number of benzene rings is 6. The van der Waals surface area contributed by atoms with Crippen molar-refractivity contribution in [3.63, 3.8) is 0 Å². The van der Waals surface area contributed by atoms with E-state index in [2.05, 4.69) is 143 Å². The van der Waals surface area contributed by atoms with Crippen molar-refractivity contribution >= 4 is 91.7 Å². The Balaban J connectivity index is 1.35. The maximum Gasteiger partial charge on any atom is 0.148 e. The van der Waals surface area contributed by atoms with Crippen LogP contribution in [0.25, 0.3) is 108 Å². The van der Waals surface area contributed by atoms with Crippen LogP contribution in [0.5, 0.6) is 0 Å². The molecule has 0 amide bonds. The number of pyridine rings is 2. The van der Waals surface area contributed by atoms with Gasteiger partial charge in [0.05, 0.1) is 37.7 Å². The van der Waals surface area contributed by atoms with Gasteiger partial charge in [0.1, 0.15) is 11.5 Å². The van der Waals surface area contributed by atoms with Gasteiger partial charge in [-0.3, -0.25) is 8.97 Å². The van der Waals surface area contributed by atoms with Crippen LogP contribution in [0.4, 0.5) is 0 Å². The molecule has 0 unspecified atom stereocenters. The van der Waals surface area contributed by atoms with Crippen molar-refractivity contribution in [3.05, 3.63) is 134 Å². The SMILES string of the molecule is c1ccc2c(c1)-c1cccc3c(-n4c5ccccc5c5ccc6c7sc8ccccc8c7n7c8ccccc8nc7c6c54)ncc-2c13. The summed E-state index contributed by atoms with van der Waals surface area (Å²) < 4.78 is 7.38. The van der Waals surface area contributed by atoms with Crippen LogP contribution in [0.2, 0.25) is 0 Å². The standard InChI is InChI=1S/C42H22N4S/c1-2-11-24-23(10-1)26-14-9-15-30-36(26)31(24)22-43-41(30)45-33-17-6-3-12-25(33)27-20-21-29-37(38(27)45)42-44-32-16-5-7-18-34(32)46(42)39-28-13-4-8-19-35(28)47-40(29)39/h1-22H. The number of hydrogen-bond donors (Lipinski definition) is 0. The lowest BCUT2D eigenvalue weighted by molar-refractivity contribution is 1.11. The molecule has 0 bridgehead atoms. The van der Waals surface area contributed by atoms with E-state index in [0.29, 0.717) is 0 Å². The summed E-state index contributed by atoms with van der Waals surface area (Å²) in [5, 5.41) is 8.48. The number of hydrogen-bond acceptors (Lipinski definition) is 3. The van der Waals surface area contributed by atoms with Gasteiger partial charge in [-0.1, -0.05) is 103 Å². The van der Waals surface area contributed by atoms with E-state index < -0.39 is 0 Å². The summed E-state index contributed by atoms with van der Waals surface area (Å²) in [5.41, 5.74) is 11.6. The second kappa shape index (κ2) is 8.40. The first-order valence-corrected chi connectivity index (χ1v) is 16.7. The smallest absolute Gasteiger partial charge is 0.148 e. The Hall–Kier alpha value is -6.04. The Morgan fingerprint density at radius 1 is 0.489 bits per heavy atom. The number of thiophene rings is 1. The number of rotatable bonds is 1. The van der Waals surface area contributed by atoms with E-state index in [4.69, 9.17) is 9.97 Å². The van der Waals surface area contributed by atoms with E-state index in [1.807, 2.05) is 11.3 Å². The van der Waals surface area contributed by atoms with Crippen LogP contribution in [0.3, 0.4) is 0 Å². The molecule has 0 aliphatic heterocycles. The van der Waals surface area contributed by atoms with Crippen molar-refractivity contribution in [2.75, 3.05) is 0 Å². The maximum atomic E-state index is 5.40. The fraction of sp³-hybridized carbons (Fsp3) is 0. The molecular formula is C42H22N4S. The van der Waals surface area contributed by atoms with Crippen molar-refractivity contribution in [3.8, 4) is 28.1 Å². The number of aromatic nitrogens is 4. The molecular weight excluding hydrogens is 593 g/mol. The summed E-state index contributed by atoms with van der Waals surface area (Å²) in [7, 11) is 0. The highest BCUT2D eigenvalue weighted by Crippen LogP contribution is 2.50. The van der Waals surface area contributed by atoms with Gasteiger partial charge < -0.3 is 0 Å². The molecule has 0 saturated carbocycles. The average Bonchev–Trinajstić information content (AvgIpc) is 3.87. The summed E-state index contributed by atoms with van der Waals surface area (Å²) in [6.45, 7) is 0. The summed E-state index contributed by atoms with van der Waals surface area (Å²) in [6, 6.07) is 46.1. The van der Waals surface area contributed by atoms with Crippen LogP contribution in [-0.2, 0) is 0 Å². The Morgan fingerprint density at radius 3 is 2.11 bits per heavy atom. The van der Waals surface area contributed by atoms with Crippen molar-refractivity contribution in [1.29, 1.82) is 0 Å². The lowest BCUT2D eigenvalue weighted by Crippen LogP contribution is -2.00. The van der Waals surface area contributed by atoms with Crippen LogP contribution in [0.15, 0.2) is 134 Å². The Bertz CT molecular complexity index is 3170. The second-order valence-electron chi connectivity index (χ2n) is 12.5. The molecule has 47 heavy (non-hydrogen) atoms. The van der Waals surface area contributed by atoms with Crippen molar-refractivity contribution in [2.45, 2.75) is 0 Å². The van der Waals surface area contributed by atoms with Gasteiger partial charge in [-0.05, 0) is 41.0 Å². The lowest BCUT2D eigenvalue weighted by atomic mass is 10.0. The maximum absolute atomic E-state index is 5.40. The summed E-state index contributed by atoms with van der Waals surface area (Å²) in [6.07, 6.45) is 2.09. The quantitative estimate of drug-likeness (QED) is 0.184. The first-order valence-electron chi connectivity index (χ1n) is 15.9. The van der Waals surface area contributed by atoms with Crippen LogP contribution in [0.1, 0.15) is 0 Å². The van der Waals surface area contributed by atoms with Gasteiger partial charge in [-0.2, -0.15) is 0 Å². The van der Waals surface area contributed by atoms with E-state index in [1.165, 1.54) is 64.1 Å². The van der Waals surface area contributed by atoms with E-state index >= 15 is 0 Å². The molecule has 6 aromatic carbocycles. The Kier molecular flexibility index (Phi) is 4.33. The highest BCUT2D eigenvalue weighted by Gasteiger charge is 2.27. The van der Waals surface area contributed by atoms with Crippen molar-refractivity contribution in [2.24, 2.45) is 0 Å². The molecule has 5 aromatic heterocycles.